The number of hydrogen-bond donors (Lipinski definition) is 3. The molecule has 0 atom stereocenters. The Morgan fingerprint density at radius 3 is 2.19 bits per heavy atom. The van der Waals surface area contributed by atoms with Gasteiger partial charge in [-0.2, -0.15) is 0 Å². The molecular weight excluding hydrogens is 210 g/mol. The van der Waals surface area contributed by atoms with Crippen LogP contribution < -0.4 is 16.0 Å². The Kier molecular flexibility index (Phi) is 11.6. The van der Waals surface area contributed by atoms with Crippen LogP contribution in [-0.4, -0.2) is 59.1 Å². The van der Waals surface area contributed by atoms with E-state index in [4.69, 9.17) is 9.47 Å². The molecule has 0 rings (SSSR count). The highest BCUT2D eigenvalue weighted by molar-refractivity contribution is 5.73. The summed E-state index contributed by atoms with van der Waals surface area (Å²) < 4.78 is 10.5. The third-order valence-corrected chi connectivity index (χ3v) is 1.74. The number of likely N-dealkylation sites (N-methyl/N-ethyl adjacent to an activating group) is 1. The Bertz CT molecular complexity index is 167. The molecule has 0 heterocycles. The van der Waals surface area contributed by atoms with E-state index in [0.717, 1.165) is 6.54 Å². The number of nitrogens with one attached hydrogen (secondary N) is 3. The van der Waals surface area contributed by atoms with Crippen molar-refractivity contribution in [3.05, 3.63) is 0 Å². The number of carbonyl (C=O) groups is 1. The van der Waals surface area contributed by atoms with E-state index in [1.807, 2.05) is 14.0 Å². The summed E-state index contributed by atoms with van der Waals surface area (Å²) in [4.78, 5) is 10.9. The zero-order valence-electron chi connectivity index (χ0n) is 10.2. The monoisotopic (exact) mass is 233 g/mol. The lowest BCUT2D eigenvalue weighted by Crippen LogP contribution is -2.37. The van der Waals surface area contributed by atoms with Crippen LogP contribution in [0.4, 0.5) is 4.79 Å². The van der Waals surface area contributed by atoms with Crippen LogP contribution in [0.3, 0.4) is 0 Å². The molecule has 0 aromatic heterocycles. The molecule has 0 aliphatic heterocycles. The number of hydrogen-bond acceptors (Lipinski definition) is 4. The topological polar surface area (TPSA) is 71.6 Å². The largest absolute Gasteiger partial charge is 0.378 e. The average Bonchev–Trinajstić information content (AvgIpc) is 2.27. The lowest BCUT2D eigenvalue weighted by Gasteiger charge is -2.07. The van der Waals surface area contributed by atoms with Gasteiger partial charge in [-0.3, -0.25) is 0 Å². The molecule has 0 fully saturated rings. The zero-order valence-corrected chi connectivity index (χ0v) is 10.2. The van der Waals surface area contributed by atoms with Gasteiger partial charge < -0.3 is 25.4 Å². The molecule has 0 spiro atoms. The molecule has 0 saturated heterocycles. The minimum atomic E-state index is -0.156. The van der Waals surface area contributed by atoms with Crippen molar-refractivity contribution < 1.29 is 14.3 Å². The predicted molar refractivity (Wildman–Crippen MR) is 62.6 cm³/mol. The summed E-state index contributed by atoms with van der Waals surface area (Å²) in [5, 5.41) is 8.29. The van der Waals surface area contributed by atoms with Crippen molar-refractivity contribution in [3.63, 3.8) is 0 Å². The zero-order chi connectivity index (χ0) is 12.1. The van der Waals surface area contributed by atoms with Crippen molar-refractivity contribution in [1.82, 2.24) is 16.0 Å². The minimum Gasteiger partial charge on any atom is -0.378 e. The van der Waals surface area contributed by atoms with Crippen LogP contribution in [0.15, 0.2) is 0 Å². The van der Waals surface area contributed by atoms with Crippen molar-refractivity contribution in [1.29, 1.82) is 0 Å². The highest BCUT2D eigenvalue weighted by atomic mass is 16.5. The van der Waals surface area contributed by atoms with Gasteiger partial charge in [0, 0.05) is 19.6 Å². The second-order valence-corrected chi connectivity index (χ2v) is 3.11. The second-order valence-electron chi connectivity index (χ2n) is 3.11. The van der Waals surface area contributed by atoms with Gasteiger partial charge in [0.05, 0.1) is 26.4 Å². The molecule has 96 valence electrons. The molecule has 2 amide bonds. The first-order valence-corrected chi connectivity index (χ1v) is 5.63. The third-order valence-electron chi connectivity index (χ3n) is 1.74. The molecule has 0 bridgehead atoms. The Labute approximate surface area is 97.1 Å². The van der Waals surface area contributed by atoms with Gasteiger partial charge in [-0.05, 0) is 14.0 Å². The van der Waals surface area contributed by atoms with Crippen molar-refractivity contribution in [2.75, 3.05) is 53.1 Å². The van der Waals surface area contributed by atoms with E-state index < -0.39 is 0 Å². The smallest absolute Gasteiger partial charge is 0.314 e. The quantitative estimate of drug-likeness (QED) is 0.447. The highest BCUT2D eigenvalue weighted by Gasteiger charge is 1.95. The van der Waals surface area contributed by atoms with Gasteiger partial charge >= 0.3 is 6.03 Å². The third kappa shape index (κ3) is 11.2. The van der Waals surface area contributed by atoms with Crippen LogP contribution in [0.25, 0.3) is 0 Å². The van der Waals surface area contributed by atoms with Gasteiger partial charge in [0.1, 0.15) is 0 Å². The van der Waals surface area contributed by atoms with Crippen molar-refractivity contribution in [3.8, 4) is 0 Å². The Morgan fingerprint density at radius 1 is 1.00 bits per heavy atom. The second kappa shape index (κ2) is 12.2. The first kappa shape index (κ1) is 15.2. The van der Waals surface area contributed by atoms with Gasteiger partial charge in [-0.25, -0.2) is 4.79 Å². The Hall–Kier alpha value is -0.850. The maximum atomic E-state index is 10.9. The molecule has 0 aliphatic carbocycles. The van der Waals surface area contributed by atoms with Crippen molar-refractivity contribution >= 4 is 6.03 Å². The van der Waals surface area contributed by atoms with E-state index in [2.05, 4.69) is 16.0 Å². The van der Waals surface area contributed by atoms with Crippen LogP contribution in [0, 0.1) is 0 Å². The van der Waals surface area contributed by atoms with E-state index in [-0.39, 0.29) is 6.03 Å². The number of amides is 2. The van der Waals surface area contributed by atoms with Crippen LogP contribution in [-0.2, 0) is 9.47 Å². The summed E-state index contributed by atoms with van der Waals surface area (Å²) in [7, 11) is 1.88. The predicted octanol–water partition coefficient (Wildman–Crippen LogP) is -0.442. The van der Waals surface area contributed by atoms with E-state index in [1.54, 1.807) is 0 Å². The molecule has 16 heavy (non-hydrogen) atoms. The summed E-state index contributed by atoms with van der Waals surface area (Å²) >= 11 is 0. The van der Waals surface area contributed by atoms with Gasteiger partial charge in [-0.1, -0.05) is 0 Å². The first-order valence-electron chi connectivity index (χ1n) is 5.63. The normalized spacial score (nSPS) is 10.1. The molecular formula is C10H23N3O3. The lowest BCUT2D eigenvalue weighted by atomic mass is 10.6. The van der Waals surface area contributed by atoms with E-state index in [0.29, 0.717) is 39.5 Å². The van der Waals surface area contributed by atoms with E-state index in [1.165, 1.54) is 0 Å². The fraction of sp³-hybridized carbons (Fsp3) is 0.900. The molecule has 0 aromatic rings. The maximum Gasteiger partial charge on any atom is 0.314 e. The first-order chi connectivity index (χ1) is 7.81. The highest BCUT2D eigenvalue weighted by Crippen LogP contribution is 1.77. The van der Waals surface area contributed by atoms with Crippen molar-refractivity contribution in [2.24, 2.45) is 0 Å². The molecule has 0 radical (unpaired) electrons. The van der Waals surface area contributed by atoms with Crippen LogP contribution in [0.5, 0.6) is 0 Å². The van der Waals surface area contributed by atoms with Crippen LogP contribution in [0.2, 0.25) is 0 Å². The Morgan fingerprint density at radius 2 is 1.62 bits per heavy atom. The molecule has 6 nitrogen and oxygen atoms in total. The number of ether oxygens (including phenoxy) is 2. The summed E-state index contributed by atoms with van der Waals surface area (Å²) in [6.45, 7) is 6.21. The SMILES string of the molecule is CCNC(=O)NCCOCCOCCNC. The van der Waals surface area contributed by atoms with Gasteiger partial charge in [0.2, 0.25) is 0 Å². The van der Waals surface area contributed by atoms with Crippen LogP contribution >= 0.6 is 0 Å². The fourth-order valence-electron chi connectivity index (χ4n) is 0.956. The number of rotatable bonds is 10. The summed E-state index contributed by atoms with van der Waals surface area (Å²) in [6.07, 6.45) is 0. The maximum absolute atomic E-state index is 10.9. The number of urea groups is 1. The van der Waals surface area contributed by atoms with Gasteiger partial charge in [-0.15, -0.1) is 0 Å². The number of carbonyl (C=O) groups excluding carboxylic acids is 1. The van der Waals surface area contributed by atoms with Gasteiger partial charge in [0.15, 0.2) is 0 Å². The fourth-order valence-corrected chi connectivity index (χ4v) is 0.956. The van der Waals surface area contributed by atoms with Crippen LogP contribution in [0.1, 0.15) is 6.92 Å². The minimum absolute atomic E-state index is 0.156. The molecule has 0 aromatic carbocycles. The summed E-state index contributed by atoms with van der Waals surface area (Å²) in [5.41, 5.74) is 0. The lowest BCUT2D eigenvalue weighted by molar-refractivity contribution is 0.0509. The molecule has 0 saturated carbocycles. The molecule has 0 unspecified atom stereocenters. The molecule has 0 aliphatic rings. The molecule has 3 N–H and O–H groups in total. The Balaban J connectivity index is 3.01. The van der Waals surface area contributed by atoms with E-state index in [9.17, 15) is 4.79 Å². The summed E-state index contributed by atoms with van der Waals surface area (Å²) in [6, 6.07) is -0.156. The van der Waals surface area contributed by atoms with Gasteiger partial charge in [0.25, 0.3) is 0 Å². The standard InChI is InChI=1S/C10H23N3O3/c1-3-12-10(14)13-5-7-16-9-8-15-6-4-11-2/h11H,3-9H2,1-2H3,(H2,12,13,14). The summed E-state index contributed by atoms with van der Waals surface area (Å²) in [5.74, 6) is 0. The molecule has 6 heteroatoms. The average molecular weight is 233 g/mol. The van der Waals surface area contributed by atoms with Crippen molar-refractivity contribution in [2.45, 2.75) is 6.92 Å². The van der Waals surface area contributed by atoms with E-state index >= 15 is 0 Å².